The number of pyridine rings is 1. The molecule has 2 heterocycles. The molecule has 1 saturated heterocycles. The summed E-state index contributed by atoms with van der Waals surface area (Å²) in [4.78, 5) is 33.3. The van der Waals surface area contributed by atoms with E-state index in [1.165, 1.54) is 6.07 Å². The number of carbonyl (C=O) groups is 2. The van der Waals surface area contributed by atoms with Crippen molar-refractivity contribution in [2.24, 2.45) is 5.92 Å². The molecular formula is C24H30FN3O3. The van der Waals surface area contributed by atoms with Gasteiger partial charge in [0, 0.05) is 43.5 Å². The SMILES string of the molecule is CC(C)CN1C[C@@H](OCc2ccccc2F)CN(C(=O)CCc2ccccn2)CC1=O. The minimum atomic E-state index is -0.386. The molecule has 2 amide bonds. The Hall–Kier alpha value is -2.80. The van der Waals surface area contributed by atoms with Crippen LogP contribution in [0.15, 0.2) is 48.7 Å². The summed E-state index contributed by atoms with van der Waals surface area (Å²) in [5.74, 6) is -0.223. The summed E-state index contributed by atoms with van der Waals surface area (Å²) in [7, 11) is 0. The number of rotatable bonds is 8. The highest BCUT2D eigenvalue weighted by atomic mass is 19.1. The molecule has 0 N–H and O–H groups in total. The number of aromatic nitrogens is 1. The molecule has 0 saturated carbocycles. The quantitative estimate of drug-likeness (QED) is 0.650. The second-order valence-electron chi connectivity index (χ2n) is 8.31. The summed E-state index contributed by atoms with van der Waals surface area (Å²) in [6.07, 6.45) is 2.10. The van der Waals surface area contributed by atoms with Crippen molar-refractivity contribution in [3.8, 4) is 0 Å². The standard InChI is InChI=1S/C24H30FN3O3/c1-18(2)13-27-14-21(31-17-19-7-3-4-9-22(19)25)15-28(16-24(27)30)23(29)11-10-20-8-5-6-12-26-20/h3-9,12,18,21H,10-11,13-17H2,1-2H3/t21-/m1/s1. The van der Waals surface area contributed by atoms with Crippen LogP contribution in [-0.2, 0) is 27.4 Å². The van der Waals surface area contributed by atoms with Gasteiger partial charge >= 0.3 is 0 Å². The average Bonchev–Trinajstić information content (AvgIpc) is 2.90. The molecule has 166 valence electrons. The Morgan fingerprint density at radius 3 is 2.68 bits per heavy atom. The van der Waals surface area contributed by atoms with E-state index in [4.69, 9.17) is 4.74 Å². The van der Waals surface area contributed by atoms with Gasteiger partial charge in [0.2, 0.25) is 11.8 Å². The lowest BCUT2D eigenvalue weighted by Crippen LogP contribution is -2.40. The van der Waals surface area contributed by atoms with Crippen molar-refractivity contribution < 1.29 is 18.7 Å². The van der Waals surface area contributed by atoms with Crippen LogP contribution in [0.3, 0.4) is 0 Å². The zero-order valence-corrected chi connectivity index (χ0v) is 18.2. The predicted molar refractivity (Wildman–Crippen MR) is 116 cm³/mol. The number of hydrogen-bond donors (Lipinski definition) is 0. The maximum absolute atomic E-state index is 14.0. The summed E-state index contributed by atoms with van der Waals surface area (Å²) < 4.78 is 20.0. The first-order valence-electron chi connectivity index (χ1n) is 10.7. The molecule has 1 fully saturated rings. The lowest BCUT2D eigenvalue weighted by Gasteiger charge is -2.26. The number of carbonyl (C=O) groups excluding carboxylic acids is 2. The molecule has 1 aromatic heterocycles. The van der Waals surface area contributed by atoms with Crippen LogP contribution in [0.1, 0.15) is 31.5 Å². The van der Waals surface area contributed by atoms with E-state index >= 15 is 0 Å². The van der Waals surface area contributed by atoms with E-state index < -0.39 is 0 Å². The maximum Gasteiger partial charge on any atom is 0.242 e. The van der Waals surface area contributed by atoms with Gasteiger partial charge in [-0.25, -0.2) is 4.39 Å². The van der Waals surface area contributed by atoms with Gasteiger partial charge in [-0.05, 0) is 30.5 Å². The number of amides is 2. The Morgan fingerprint density at radius 1 is 1.19 bits per heavy atom. The molecule has 1 aromatic carbocycles. The Kier molecular flexibility index (Phi) is 8.12. The van der Waals surface area contributed by atoms with Gasteiger partial charge in [-0.2, -0.15) is 0 Å². The minimum absolute atomic E-state index is 0.0350. The van der Waals surface area contributed by atoms with Crippen molar-refractivity contribution in [3.63, 3.8) is 0 Å². The molecule has 7 heteroatoms. The van der Waals surface area contributed by atoms with Crippen LogP contribution in [0.5, 0.6) is 0 Å². The normalized spacial score (nSPS) is 17.2. The molecule has 0 radical (unpaired) electrons. The molecule has 0 spiro atoms. The third kappa shape index (κ3) is 6.85. The zero-order valence-electron chi connectivity index (χ0n) is 18.2. The molecule has 1 aliphatic heterocycles. The largest absolute Gasteiger partial charge is 0.370 e. The highest BCUT2D eigenvalue weighted by molar-refractivity contribution is 5.85. The maximum atomic E-state index is 14.0. The van der Waals surface area contributed by atoms with Crippen LogP contribution >= 0.6 is 0 Å². The van der Waals surface area contributed by atoms with Crippen molar-refractivity contribution in [3.05, 3.63) is 65.7 Å². The number of ether oxygens (including phenoxy) is 1. The lowest BCUT2D eigenvalue weighted by atomic mass is 10.2. The van der Waals surface area contributed by atoms with Crippen molar-refractivity contribution in [2.75, 3.05) is 26.2 Å². The van der Waals surface area contributed by atoms with Crippen LogP contribution in [0.25, 0.3) is 0 Å². The van der Waals surface area contributed by atoms with E-state index in [1.807, 2.05) is 32.0 Å². The van der Waals surface area contributed by atoms with E-state index in [2.05, 4.69) is 4.98 Å². The second kappa shape index (κ2) is 11.0. The molecule has 0 aliphatic carbocycles. The Bertz CT molecular complexity index is 875. The number of nitrogens with zero attached hydrogens (tertiary/aromatic N) is 3. The summed E-state index contributed by atoms with van der Waals surface area (Å²) in [6.45, 7) is 5.50. The number of aryl methyl sites for hydroxylation is 1. The number of halogens is 1. The molecule has 31 heavy (non-hydrogen) atoms. The van der Waals surface area contributed by atoms with E-state index in [-0.39, 0.29) is 43.3 Å². The van der Waals surface area contributed by atoms with E-state index in [1.54, 1.807) is 34.2 Å². The van der Waals surface area contributed by atoms with Crippen molar-refractivity contribution in [1.29, 1.82) is 0 Å². The molecule has 6 nitrogen and oxygen atoms in total. The fourth-order valence-corrected chi connectivity index (χ4v) is 3.65. The summed E-state index contributed by atoms with van der Waals surface area (Å²) >= 11 is 0. The van der Waals surface area contributed by atoms with Gasteiger partial charge in [-0.3, -0.25) is 14.6 Å². The predicted octanol–water partition coefficient (Wildman–Crippen LogP) is 3.07. The van der Waals surface area contributed by atoms with Gasteiger partial charge in [-0.15, -0.1) is 0 Å². The zero-order chi connectivity index (χ0) is 22.2. The number of benzene rings is 1. The van der Waals surface area contributed by atoms with Gasteiger partial charge in [0.1, 0.15) is 5.82 Å². The van der Waals surface area contributed by atoms with Crippen LogP contribution < -0.4 is 0 Å². The van der Waals surface area contributed by atoms with Crippen LogP contribution in [0, 0.1) is 11.7 Å². The van der Waals surface area contributed by atoms with Gasteiger partial charge < -0.3 is 14.5 Å². The summed E-state index contributed by atoms with van der Waals surface area (Å²) in [5.41, 5.74) is 1.30. The van der Waals surface area contributed by atoms with Gasteiger partial charge in [0.25, 0.3) is 0 Å². The van der Waals surface area contributed by atoms with Gasteiger partial charge in [0.15, 0.2) is 0 Å². The first kappa shape index (κ1) is 22.9. The highest BCUT2D eigenvalue weighted by Gasteiger charge is 2.31. The van der Waals surface area contributed by atoms with Crippen LogP contribution in [0.4, 0.5) is 4.39 Å². The van der Waals surface area contributed by atoms with E-state index in [9.17, 15) is 14.0 Å². The Labute approximate surface area is 183 Å². The van der Waals surface area contributed by atoms with Crippen molar-refractivity contribution in [2.45, 2.75) is 39.4 Å². The first-order valence-corrected chi connectivity index (χ1v) is 10.7. The molecule has 0 unspecified atom stereocenters. The molecule has 1 atom stereocenters. The molecule has 1 aliphatic rings. The molecule has 3 rings (SSSR count). The van der Waals surface area contributed by atoms with Gasteiger partial charge in [0.05, 0.1) is 19.3 Å². The molecular weight excluding hydrogens is 397 g/mol. The fourth-order valence-electron chi connectivity index (χ4n) is 3.65. The van der Waals surface area contributed by atoms with E-state index in [0.29, 0.717) is 37.5 Å². The van der Waals surface area contributed by atoms with Crippen LogP contribution in [-0.4, -0.2) is 58.9 Å². The Balaban J connectivity index is 1.67. The number of hydrogen-bond acceptors (Lipinski definition) is 4. The smallest absolute Gasteiger partial charge is 0.242 e. The second-order valence-corrected chi connectivity index (χ2v) is 8.31. The third-order valence-corrected chi connectivity index (χ3v) is 5.22. The van der Waals surface area contributed by atoms with E-state index in [0.717, 1.165) is 5.69 Å². The monoisotopic (exact) mass is 427 g/mol. The first-order chi connectivity index (χ1) is 14.9. The Morgan fingerprint density at radius 2 is 1.97 bits per heavy atom. The average molecular weight is 428 g/mol. The van der Waals surface area contributed by atoms with Crippen molar-refractivity contribution in [1.82, 2.24) is 14.8 Å². The minimum Gasteiger partial charge on any atom is -0.370 e. The molecule has 2 aromatic rings. The van der Waals surface area contributed by atoms with Crippen LogP contribution in [0.2, 0.25) is 0 Å². The lowest BCUT2D eigenvalue weighted by molar-refractivity contribution is -0.139. The topological polar surface area (TPSA) is 62.7 Å². The van der Waals surface area contributed by atoms with Crippen molar-refractivity contribution >= 4 is 11.8 Å². The van der Waals surface area contributed by atoms with Gasteiger partial charge in [-0.1, -0.05) is 38.1 Å². The molecule has 0 bridgehead atoms. The fraction of sp³-hybridized carbons (Fsp3) is 0.458. The highest BCUT2D eigenvalue weighted by Crippen LogP contribution is 2.15. The summed E-state index contributed by atoms with van der Waals surface area (Å²) in [6, 6.07) is 12.1. The third-order valence-electron chi connectivity index (χ3n) is 5.22. The summed E-state index contributed by atoms with van der Waals surface area (Å²) in [5, 5.41) is 0.